The number of hydrogen-bond donors (Lipinski definition) is 3. The number of hydrogen-bond acceptors (Lipinski definition) is 3. The summed E-state index contributed by atoms with van der Waals surface area (Å²) in [4.78, 5) is 12.1. The molecule has 0 spiro atoms. The van der Waals surface area contributed by atoms with E-state index < -0.39 is 12.1 Å². The van der Waals surface area contributed by atoms with Crippen molar-refractivity contribution in [2.45, 2.75) is 270 Å². The first kappa shape index (κ1) is 49.1. The zero-order valence-corrected chi connectivity index (χ0v) is 34.2. The van der Waals surface area contributed by atoms with Gasteiger partial charge >= 0.3 is 0 Å². The van der Waals surface area contributed by atoms with E-state index in [0.717, 1.165) is 32.1 Å². The van der Waals surface area contributed by atoms with Gasteiger partial charge in [0.15, 0.2) is 0 Å². The minimum absolute atomic E-state index is 0.0748. The Morgan fingerprint density at radius 1 is 0.460 bits per heavy atom. The smallest absolute Gasteiger partial charge is 0.220 e. The van der Waals surface area contributed by atoms with Crippen molar-refractivity contribution in [1.29, 1.82) is 0 Å². The third-order valence-corrected chi connectivity index (χ3v) is 10.8. The molecule has 4 nitrogen and oxygen atoms in total. The maximum absolute atomic E-state index is 12.1. The van der Waals surface area contributed by atoms with Crippen molar-refractivity contribution in [2.24, 2.45) is 0 Å². The number of aliphatic hydroxyl groups excluding tert-OH is 2. The van der Waals surface area contributed by atoms with E-state index in [9.17, 15) is 15.0 Å². The predicted molar refractivity (Wildman–Crippen MR) is 221 cm³/mol. The standard InChI is InChI=1S/C46H91NO3/c1-3-5-7-9-10-11-12-13-14-15-16-17-18-19-20-21-22-23-24-25-26-27-28-29-30-31-32-33-34-35-36-38-39-41-45(49)44(43-48)47-46(50)42-40-37-8-6-4-2/h39,41,44-45,48-49H,3-38,40,42-43H2,1-2H3,(H,47,50)/b41-39+. The Labute approximate surface area is 314 Å². The molecular formula is C46H91NO3. The Morgan fingerprint density at radius 3 is 1.04 bits per heavy atom. The lowest BCUT2D eigenvalue weighted by molar-refractivity contribution is -0.123. The van der Waals surface area contributed by atoms with Crippen LogP contribution in [0.15, 0.2) is 12.2 Å². The van der Waals surface area contributed by atoms with Gasteiger partial charge in [-0.1, -0.05) is 244 Å². The molecule has 298 valence electrons. The number of rotatable bonds is 42. The third kappa shape index (κ3) is 38.4. The van der Waals surface area contributed by atoms with Crippen LogP contribution in [-0.4, -0.2) is 34.9 Å². The molecule has 4 heteroatoms. The molecule has 2 unspecified atom stereocenters. The van der Waals surface area contributed by atoms with Crippen LogP contribution in [-0.2, 0) is 4.79 Å². The van der Waals surface area contributed by atoms with Gasteiger partial charge in [0.25, 0.3) is 0 Å². The number of allylic oxidation sites excluding steroid dienone is 1. The quantitative estimate of drug-likeness (QED) is 0.0437. The summed E-state index contributed by atoms with van der Waals surface area (Å²) in [5.74, 6) is -0.0748. The monoisotopic (exact) mass is 706 g/mol. The lowest BCUT2D eigenvalue weighted by Gasteiger charge is -2.20. The fourth-order valence-electron chi connectivity index (χ4n) is 7.24. The molecule has 0 aliphatic carbocycles. The van der Waals surface area contributed by atoms with E-state index in [2.05, 4.69) is 19.2 Å². The van der Waals surface area contributed by atoms with E-state index in [1.165, 1.54) is 205 Å². The molecule has 0 aromatic rings. The molecule has 0 bridgehead atoms. The van der Waals surface area contributed by atoms with Crippen LogP contribution >= 0.6 is 0 Å². The van der Waals surface area contributed by atoms with Gasteiger partial charge in [-0.2, -0.15) is 0 Å². The van der Waals surface area contributed by atoms with Crippen LogP contribution < -0.4 is 5.32 Å². The van der Waals surface area contributed by atoms with Crippen molar-refractivity contribution in [3.63, 3.8) is 0 Å². The number of amides is 1. The van der Waals surface area contributed by atoms with Crippen molar-refractivity contribution < 1.29 is 15.0 Å². The maximum atomic E-state index is 12.1. The second-order valence-corrected chi connectivity index (χ2v) is 15.8. The Bertz CT molecular complexity index is 680. The normalized spacial score (nSPS) is 13.0. The van der Waals surface area contributed by atoms with Crippen LogP contribution in [0.1, 0.15) is 258 Å². The zero-order valence-electron chi connectivity index (χ0n) is 34.2. The summed E-state index contributed by atoms with van der Waals surface area (Å²) in [6.45, 7) is 4.24. The van der Waals surface area contributed by atoms with Gasteiger partial charge < -0.3 is 15.5 Å². The molecule has 0 aromatic carbocycles. The molecule has 0 saturated heterocycles. The molecular weight excluding hydrogens is 615 g/mol. The highest BCUT2D eigenvalue weighted by atomic mass is 16.3. The average Bonchev–Trinajstić information content (AvgIpc) is 3.12. The predicted octanol–water partition coefficient (Wildman–Crippen LogP) is 14.2. The van der Waals surface area contributed by atoms with Crippen molar-refractivity contribution in [3.05, 3.63) is 12.2 Å². The van der Waals surface area contributed by atoms with Crippen molar-refractivity contribution in [1.82, 2.24) is 5.32 Å². The van der Waals surface area contributed by atoms with E-state index in [1.54, 1.807) is 6.08 Å². The lowest BCUT2D eigenvalue weighted by atomic mass is 10.0. The number of nitrogens with one attached hydrogen (secondary N) is 1. The molecule has 50 heavy (non-hydrogen) atoms. The molecule has 0 fully saturated rings. The van der Waals surface area contributed by atoms with Gasteiger partial charge in [0.05, 0.1) is 18.8 Å². The van der Waals surface area contributed by atoms with Gasteiger partial charge in [-0.3, -0.25) is 4.79 Å². The van der Waals surface area contributed by atoms with E-state index in [4.69, 9.17) is 0 Å². The zero-order chi connectivity index (χ0) is 36.4. The molecule has 0 aliphatic heterocycles. The van der Waals surface area contributed by atoms with E-state index in [1.807, 2.05) is 6.08 Å². The molecule has 0 heterocycles. The van der Waals surface area contributed by atoms with Crippen LogP contribution in [0.3, 0.4) is 0 Å². The number of aliphatic hydroxyl groups is 2. The Kier molecular flexibility index (Phi) is 41.8. The maximum Gasteiger partial charge on any atom is 0.220 e. The first-order chi connectivity index (χ1) is 24.7. The summed E-state index contributed by atoms with van der Waals surface area (Å²) in [5.41, 5.74) is 0. The minimum Gasteiger partial charge on any atom is -0.394 e. The fourth-order valence-corrected chi connectivity index (χ4v) is 7.24. The molecule has 0 saturated carbocycles. The third-order valence-electron chi connectivity index (χ3n) is 10.8. The van der Waals surface area contributed by atoms with Crippen LogP contribution in [0.4, 0.5) is 0 Å². The first-order valence-electron chi connectivity index (χ1n) is 22.9. The van der Waals surface area contributed by atoms with E-state index >= 15 is 0 Å². The fraction of sp³-hybridized carbons (Fsp3) is 0.935. The number of carbonyl (C=O) groups excluding carboxylic acids is 1. The molecule has 2 atom stereocenters. The van der Waals surface area contributed by atoms with Crippen molar-refractivity contribution in [3.8, 4) is 0 Å². The van der Waals surface area contributed by atoms with Gasteiger partial charge in [-0.05, 0) is 19.3 Å². The van der Waals surface area contributed by atoms with Gasteiger partial charge in [0.2, 0.25) is 5.91 Å². The lowest BCUT2D eigenvalue weighted by Crippen LogP contribution is -2.45. The molecule has 1 amide bonds. The molecule has 3 N–H and O–H groups in total. The Balaban J connectivity index is 3.32. The largest absolute Gasteiger partial charge is 0.394 e. The Morgan fingerprint density at radius 2 is 0.740 bits per heavy atom. The van der Waals surface area contributed by atoms with Crippen LogP contribution in [0.2, 0.25) is 0 Å². The van der Waals surface area contributed by atoms with Crippen molar-refractivity contribution in [2.75, 3.05) is 6.61 Å². The van der Waals surface area contributed by atoms with Gasteiger partial charge in [-0.25, -0.2) is 0 Å². The average molecular weight is 706 g/mol. The highest BCUT2D eigenvalue weighted by Gasteiger charge is 2.17. The van der Waals surface area contributed by atoms with Gasteiger partial charge in [0.1, 0.15) is 0 Å². The van der Waals surface area contributed by atoms with Gasteiger partial charge in [-0.15, -0.1) is 0 Å². The molecule has 0 aliphatic rings. The molecule has 0 rings (SSSR count). The summed E-state index contributed by atoms with van der Waals surface area (Å²) >= 11 is 0. The second kappa shape index (κ2) is 42.5. The SMILES string of the molecule is CCCCCCCCCCCCCCCCCCCCCCCCCCCCCCCCC/C=C/C(O)C(CO)NC(=O)CCCCCCC. The summed E-state index contributed by atoms with van der Waals surface area (Å²) in [5, 5.41) is 22.7. The molecule has 0 radical (unpaired) electrons. The first-order valence-corrected chi connectivity index (χ1v) is 22.9. The van der Waals surface area contributed by atoms with Crippen LogP contribution in [0, 0.1) is 0 Å². The number of carbonyl (C=O) groups is 1. The van der Waals surface area contributed by atoms with Crippen LogP contribution in [0.25, 0.3) is 0 Å². The minimum atomic E-state index is -0.831. The highest BCUT2D eigenvalue weighted by molar-refractivity contribution is 5.76. The summed E-state index contributed by atoms with van der Waals surface area (Å²) in [7, 11) is 0. The topological polar surface area (TPSA) is 69.6 Å². The molecule has 0 aromatic heterocycles. The van der Waals surface area contributed by atoms with E-state index in [0.29, 0.717) is 6.42 Å². The summed E-state index contributed by atoms with van der Waals surface area (Å²) in [6.07, 6.45) is 53.9. The highest BCUT2D eigenvalue weighted by Crippen LogP contribution is 2.17. The van der Waals surface area contributed by atoms with E-state index in [-0.39, 0.29) is 12.5 Å². The van der Waals surface area contributed by atoms with Gasteiger partial charge in [0, 0.05) is 6.42 Å². The second-order valence-electron chi connectivity index (χ2n) is 15.8. The Hall–Kier alpha value is -0.870. The summed E-state index contributed by atoms with van der Waals surface area (Å²) in [6, 6.07) is -0.613. The summed E-state index contributed by atoms with van der Waals surface area (Å²) < 4.78 is 0. The van der Waals surface area contributed by atoms with Crippen molar-refractivity contribution >= 4 is 5.91 Å². The number of unbranched alkanes of at least 4 members (excludes halogenated alkanes) is 35. The van der Waals surface area contributed by atoms with Crippen LogP contribution in [0.5, 0.6) is 0 Å².